The molecular weight excluding hydrogens is 572 g/mol. The number of esters is 4. The maximum absolute atomic E-state index is 13.4. The Morgan fingerprint density at radius 3 is 2.39 bits per heavy atom. The number of hydrogen-bond donors (Lipinski definition) is 1. The molecule has 44 heavy (non-hydrogen) atoms. The molecule has 1 N–H and O–H groups in total. The standard InChI is InChI=1S/C32H40N2O10/c1-7-11-19(4)30(37)44-27-24(40-6)14-15-33-25(27)28(35)34-23-17-41-31(38)22(16-21-12-9-8-10-13-21)26(20(5)42-32(23)39)43-29(36)18(2)3/h8-10,12-15,18-20,22-23,26H,7,11,16-17H2,1-6H3,(H,34,35)/t19?,20-,22+,23-,26-/m0/s1. The van der Waals surface area contributed by atoms with Crippen molar-refractivity contribution in [3.8, 4) is 11.5 Å². The van der Waals surface area contributed by atoms with Crippen LogP contribution in [0.3, 0.4) is 0 Å². The lowest BCUT2D eigenvalue weighted by Gasteiger charge is -2.29. The number of carbonyl (C=O) groups is 5. The van der Waals surface area contributed by atoms with Crippen LogP contribution in [0.2, 0.25) is 0 Å². The van der Waals surface area contributed by atoms with Crippen LogP contribution < -0.4 is 14.8 Å². The molecule has 2 aromatic rings. The number of benzene rings is 1. The van der Waals surface area contributed by atoms with Crippen molar-refractivity contribution >= 4 is 29.8 Å². The van der Waals surface area contributed by atoms with Crippen molar-refractivity contribution in [2.45, 2.75) is 72.1 Å². The molecule has 2 heterocycles. The van der Waals surface area contributed by atoms with E-state index in [1.54, 1.807) is 20.8 Å². The summed E-state index contributed by atoms with van der Waals surface area (Å²) in [5, 5.41) is 2.47. The lowest BCUT2D eigenvalue weighted by molar-refractivity contribution is -0.176. The van der Waals surface area contributed by atoms with E-state index in [0.29, 0.717) is 6.42 Å². The van der Waals surface area contributed by atoms with Crippen molar-refractivity contribution < 1.29 is 47.7 Å². The van der Waals surface area contributed by atoms with Gasteiger partial charge >= 0.3 is 23.9 Å². The number of nitrogens with zero attached hydrogens (tertiary/aromatic N) is 1. The predicted octanol–water partition coefficient (Wildman–Crippen LogP) is 3.45. The summed E-state index contributed by atoms with van der Waals surface area (Å²) in [4.78, 5) is 69.5. The number of hydrogen-bond acceptors (Lipinski definition) is 11. The number of pyridine rings is 1. The van der Waals surface area contributed by atoms with Gasteiger partial charge in [0.25, 0.3) is 5.91 Å². The maximum Gasteiger partial charge on any atom is 0.332 e. The number of rotatable bonds is 11. The number of carbonyl (C=O) groups excluding carboxylic acids is 5. The molecule has 1 unspecified atom stereocenters. The lowest BCUT2D eigenvalue weighted by atomic mass is 9.91. The molecule has 12 nitrogen and oxygen atoms in total. The van der Waals surface area contributed by atoms with E-state index in [9.17, 15) is 24.0 Å². The highest BCUT2D eigenvalue weighted by Crippen LogP contribution is 2.31. The summed E-state index contributed by atoms with van der Waals surface area (Å²) in [7, 11) is 1.34. The van der Waals surface area contributed by atoms with Gasteiger partial charge < -0.3 is 29.0 Å². The normalized spacial score (nSPS) is 21.1. The third kappa shape index (κ3) is 8.77. The van der Waals surface area contributed by atoms with Gasteiger partial charge in [0, 0.05) is 12.3 Å². The van der Waals surface area contributed by atoms with Crippen molar-refractivity contribution in [2.75, 3.05) is 13.7 Å². The number of aromatic nitrogens is 1. The highest BCUT2D eigenvalue weighted by atomic mass is 16.6. The maximum atomic E-state index is 13.4. The Bertz CT molecular complexity index is 1330. The van der Waals surface area contributed by atoms with Crippen LogP contribution in [0, 0.1) is 17.8 Å². The summed E-state index contributed by atoms with van der Waals surface area (Å²) in [5.41, 5.74) is 0.459. The van der Waals surface area contributed by atoms with Crippen LogP contribution in [-0.2, 0) is 39.8 Å². The Morgan fingerprint density at radius 2 is 1.75 bits per heavy atom. The molecule has 0 bridgehead atoms. The summed E-state index contributed by atoms with van der Waals surface area (Å²) < 4.78 is 27.6. The van der Waals surface area contributed by atoms with Crippen molar-refractivity contribution in [2.24, 2.45) is 17.8 Å². The van der Waals surface area contributed by atoms with Gasteiger partial charge in [-0.3, -0.25) is 19.2 Å². The highest BCUT2D eigenvalue weighted by molar-refractivity contribution is 5.99. The average molecular weight is 613 g/mol. The molecule has 5 atom stereocenters. The monoisotopic (exact) mass is 612 g/mol. The second-order valence-corrected chi connectivity index (χ2v) is 11.0. The van der Waals surface area contributed by atoms with Crippen LogP contribution in [0.1, 0.15) is 63.5 Å². The first-order chi connectivity index (χ1) is 21.0. The van der Waals surface area contributed by atoms with E-state index in [0.717, 1.165) is 12.0 Å². The Labute approximate surface area is 256 Å². The molecule has 0 aliphatic carbocycles. The van der Waals surface area contributed by atoms with E-state index < -0.39 is 72.4 Å². The fourth-order valence-electron chi connectivity index (χ4n) is 4.58. The molecule has 0 radical (unpaired) electrons. The van der Waals surface area contributed by atoms with Gasteiger partial charge in [-0.05, 0) is 25.3 Å². The summed E-state index contributed by atoms with van der Waals surface area (Å²) in [6, 6.07) is 9.04. The second kappa shape index (κ2) is 15.8. The molecule has 1 saturated heterocycles. The minimum Gasteiger partial charge on any atom is -0.493 e. The smallest absolute Gasteiger partial charge is 0.332 e. The summed E-state index contributed by atoms with van der Waals surface area (Å²) >= 11 is 0. The molecule has 3 rings (SSSR count). The molecule has 1 aliphatic rings. The van der Waals surface area contributed by atoms with Crippen molar-refractivity contribution in [1.29, 1.82) is 0 Å². The molecule has 1 aromatic carbocycles. The minimum atomic E-state index is -1.46. The third-order valence-corrected chi connectivity index (χ3v) is 7.10. The molecule has 1 aliphatic heterocycles. The number of nitrogens with one attached hydrogen (secondary N) is 1. The molecule has 1 aromatic heterocycles. The fourth-order valence-corrected chi connectivity index (χ4v) is 4.58. The van der Waals surface area contributed by atoms with Gasteiger partial charge in [0.15, 0.2) is 23.6 Å². The molecule has 0 spiro atoms. The number of methoxy groups -OCH3 is 1. The first-order valence-corrected chi connectivity index (χ1v) is 14.6. The topological polar surface area (TPSA) is 156 Å². The molecule has 1 fully saturated rings. The zero-order valence-corrected chi connectivity index (χ0v) is 25.9. The van der Waals surface area contributed by atoms with Crippen LogP contribution >= 0.6 is 0 Å². The van der Waals surface area contributed by atoms with Gasteiger partial charge in [-0.15, -0.1) is 0 Å². The van der Waals surface area contributed by atoms with Crippen LogP contribution in [0.25, 0.3) is 0 Å². The minimum absolute atomic E-state index is 0.0813. The summed E-state index contributed by atoms with van der Waals surface area (Å²) in [5.74, 6) is -5.82. The number of ether oxygens (including phenoxy) is 5. The van der Waals surface area contributed by atoms with E-state index in [2.05, 4.69) is 10.3 Å². The third-order valence-electron chi connectivity index (χ3n) is 7.10. The van der Waals surface area contributed by atoms with Crippen molar-refractivity contribution in [1.82, 2.24) is 10.3 Å². The Kier molecular flexibility index (Phi) is 12.2. The fraction of sp³-hybridized carbons (Fsp3) is 0.500. The summed E-state index contributed by atoms with van der Waals surface area (Å²) in [6.07, 6.45) is 0.514. The van der Waals surface area contributed by atoms with Crippen LogP contribution in [-0.4, -0.2) is 66.7 Å². The first kappa shape index (κ1) is 34.0. The van der Waals surface area contributed by atoms with Gasteiger partial charge in [-0.25, -0.2) is 9.78 Å². The molecule has 12 heteroatoms. The molecule has 0 saturated carbocycles. The van der Waals surface area contributed by atoms with E-state index in [1.807, 2.05) is 37.3 Å². The lowest BCUT2D eigenvalue weighted by Crippen LogP contribution is -2.47. The van der Waals surface area contributed by atoms with Gasteiger partial charge in [-0.2, -0.15) is 0 Å². The number of amides is 1. The van der Waals surface area contributed by atoms with E-state index >= 15 is 0 Å². The van der Waals surface area contributed by atoms with E-state index in [-0.39, 0.29) is 23.6 Å². The van der Waals surface area contributed by atoms with E-state index in [4.69, 9.17) is 23.7 Å². The quantitative estimate of drug-likeness (QED) is 0.293. The van der Waals surface area contributed by atoms with Crippen molar-refractivity contribution in [3.05, 3.63) is 53.9 Å². The van der Waals surface area contributed by atoms with Crippen LogP contribution in [0.15, 0.2) is 42.6 Å². The Hall–Kier alpha value is -4.48. The largest absolute Gasteiger partial charge is 0.493 e. The van der Waals surface area contributed by atoms with E-state index in [1.165, 1.54) is 26.3 Å². The Morgan fingerprint density at radius 1 is 1.05 bits per heavy atom. The van der Waals surface area contributed by atoms with Gasteiger partial charge in [-0.1, -0.05) is 64.4 Å². The van der Waals surface area contributed by atoms with Gasteiger partial charge in [0.2, 0.25) is 5.75 Å². The SMILES string of the molecule is CCCC(C)C(=O)Oc1c(OC)ccnc1C(=O)N[C@H]1COC(=O)[C@H](Cc2ccccc2)[C@@H](OC(=O)C(C)C)[C@H](C)OC1=O. The summed E-state index contributed by atoms with van der Waals surface area (Å²) in [6.45, 7) is 7.86. The molecule has 1 amide bonds. The van der Waals surface area contributed by atoms with Gasteiger partial charge in [0.05, 0.1) is 18.9 Å². The second-order valence-electron chi connectivity index (χ2n) is 11.0. The number of cyclic esters (lactones) is 2. The first-order valence-electron chi connectivity index (χ1n) is 14.6. The molecular formula is C32H40N2O10. The highest BCUT2D eigenvalue weighted by Gasteiger charge is 2.42. The van der Waals surface area contributed by atoms with Crippen molar-refractivity contribution in [3.63, 3.8) is 0 Å². The predicted molar refractivity (Wildman–Crippen MR) is 157 cm³/mol. The Balaban J connectivity index is 1.89. The average Bonchev–Trinajstić information content (AvgIpc) is 3.03. The zero-order valence-electron chi connectivity index (χ0n) is 25.9. The van der Waals surface area contributed by atoms with Crippen LogP contribution in [0.5, 0.6) is 11.5 Å². The van der Waals surface area contributed by atoms with Gasteiger partial charge in [0.1, 0.15) is 18.6 Å². The zero-order chi connectivity index (χ0) is 32.4. The van der Waals surface area contributed by atoms with Crippen LogP contribution in [0.4, 0.5) is 0 Å². The molecule has 238 valence electrons.